The molecule has 7 heteroatoms. The second-order valence-electron chi connectivity index (χ2n) is 10.1. The van der Waals surface area contributed by atoms with E-state index in [-0.39, 0.29) is 12.0 Å². The van der Waals surface area contributed by atoms with E-state index in [1.54, 1.807) is 0 Å². The first-order valence-corrected chi connectivity index (χ1v) is 12.3. The predicted octanol–water partition coefficient (Wildman–Crippen LogP) is 4.08. The van der Waals surface area contributed by atoms with Gasteiger partial charge in [0.1, 0.15) is 5.82 Å². The van der Waals surface area contributed by atoms with Crippen LogP contribution in [0.2, 0.25) is 0 Å². The molecule has 6 rings (SSSR count). The number of aryl methyl sites for hydroxylation is 1. The first kappa shape index (κ1) is 19.9. The summed E-state index contributed by atoms with van der Waals surface area (Å²) in [5.74, 6) is 3.06. The van der Waals surface area contributed by atoms with Crippen LogP contribution < -0.4 is 4.90 Å². The number of carbonyl (C=O) groups excluding carboxylic acids is 1. The summed E-state index contributed by atoms with van der Waals surface area (Å²) in [7, 11) is 0. The Bertz CT molecular complexity index is 1180. The van der Waals surface area contributed by atoms with Gasteiger partial charge in [-0.05, 0) is 51.7 Å². The van der Waals surface area contributed by atoms with Gasteiger partial charge in [-0.25, -0.2) is 9.38 Å². The monoisotopic (exact) mass is 432 g/mol. The maximum Gasteiger partial charge on any atom is 0.226 e. The fraction of sp³-hybridized carbons (Fsp3) is 0.600. The van der Waals surface area contributed by atoms with E-state index < -0.39 is 0 Å². The highest BCUT2D eigenvalue weighted by Crippen LogP contribution is 2.36. The smallest absolute Gasteiger partial charge is 0.226 e. The lowest BCUT2D eigenvalue weighted by Gasteiger charge is -2.40. The maximum absolute atomic E-state index is 12.7. The van der Waals surface area contributed by atoms with Crippen molar-refractivity contribution in [2.24, 2.45) is 5.92 Å². The summed E-state index contributed by atoms with van der Waals surface area (Å²) in [5, 5.41) is 10.5. The molecule has 0 radical (unpaired) electrons. The van der Waals surface area contributed by atoms with Gasteiger partial charge >= 0.3 is 0 Å². The molecule has 168 valence electrons. The number of hydrogen-bond acceptors (Lipinski definition) is 5. The number of amides is 1. The van der Waals surface area contributed by atoms with E-state index >= 15 is 0 Å². The van der Waals surface area contributed by atoms with Gasteiger partial charge in [-0.1, -0.05) is 30.9 Å². The van der Waals surface area contributed by atoms with Crippen LogP contribution in [0.1, 0.15) is 69.2 Å². The molecule has 3 aliphatic rings. The molecule has 7 nitrogen and oxygen atoms in total. The van der Waals surface area contributed by atoms with Crippen LogP contribution in [0.25, 0.3) is 16.6 Å². The largest absolute Gasteiger partial charge is 0.338 e. The van der Waals surface area contributed by atoms with Crippen molar-refractivity contribution in [3.05, 3.63) is 29.6 Å². The Balaban J connectivity index is 1.43. The van der Waals surface area contributed by atoms with Gasteiger partial charge < -0.3 is 9.80 Å². The van der Waals surface area contributed by atoms with E-state index in [0.29, 0.717) is 11.8 Å². The molecule has 1 aromatic carbocycles. The number of carbonyl (C=O) groups is 1. The molecule has 1 atom stereocenters. The Morgan fingerprint density at radius 1 is 1.03 bits per heavy atom. The molecule has 2 aromatic heterocycles. The Morgan fingerprint density at radius 2 is 1.84 bits per heavy atom. The molecule has 0 N–H and O–H groups in total. The van der Waals surface area contributed by atoms with E-state index in [1.807, 2.05) is 0 Å². The minimum absolute atomic E-state index is 0.178. The van der Waals surface area contributed by atoms with E-state index in [9.17, 15) is 4.79 Å². The standard InChI is InChI=1S/C25H32N6O/c1-16-8-11-21-20(14-16)23-28-27-22(18-6-4-3-5-7-18)31(23)25(26-21)29-12-13-30(17(2)15-29)24(32)19-9-10-19/h8,11,14,17-19H,3-7,9-10,12-13,15H2,1-2H3. The lowest BCUT2D eigenvalue weighted by atomic mass is 9.89. The Labute approximate surface area is 188 Å². The van der Waals surface area contributed by atoms with Crippen LogP contribution in [0.5, 0.6) is 0 Å². The van der Waals surface area contributed by atoms with Crippen molar-refractivity contribution >= 4 is 28.4 Å². The minimum atomic E-state index is 0.178. The SMILES string of the molecule is Cc1ccc2nc(N3CCN(C(=O)C4CC4)C(C)C3)n3c(C4CCCCC4)nnc3c2c1. The van der Waals surface area contributed by atoms with Crippen molar-refractivity contribution in [2.75, 3.05) is 24.5 Å². The normalized spacial score (nSPS) is 22.8. The Kier molecular flexibility index (Phi) is 4.81. The van der Waals surface area contributed by atoms with E-state index in [0.717, 1.165) is 60.8 Å². The number of nitrogens with zero attached hydrogens (tertiary/aromatic N) is 6. The van der Waals surface area contributed by atoms with Crippen LogP contribution >= 0.6 is 0 Å². The summed E-state index contributed by atoms with van der Waals surface area (Å²) >= 11 is 0. The van der Waals surface area contributed by atoms with E-state index in [1.165, 1.54) is 37.7 Å². The highest BCUT2D eigenvalue weighted by Gasteiger charge is 2.38. The molecule has 1 aliphatic heterocycles. The average molecular weight is 433 g/mol. The van der Waals surface area contributed by atoms with Gasteiger partial charge in [-0.3, -0.25) is 4.79 Å². The first-order chi connectivity index (χ1) is 15.6. The first-order valence-electron chi connectivity index (χ1n) is 12.3. The van der Waals surface area contributed by atoms with Crippen LogP contribution in [0, 0.1) is 12.8 Å². The lowest BCUT2D eigenvalue weighted by molar-refractivity contribution is -0.134. The third-order valence-corrected chi connectivity index (χ3v) is 7.59. The van der Waals surface area contributed by atoms with Gasteiger partial charge in [0.15, 0.2) is 5.65 Å². The number of benzene rings is 1. The molecule has 3 aromatic rings. The molecular weight excluding hydrogens is 400 g/mol. The summed E-state index contributed by atoms with van der Waals surface area (Å²) in [6, 6.07) is 6.56. The van der Waals surface area contributed by atoms with Crippen molar-refractivity contribution in [3.63, 3.8) is 0 Å². The Hall–Kier alpha value is -2.70. The van der Waals surface area contributed by atoms with Crippen molar-refractivity contribution in [1.29, 1.82) is 0 Å². The second-order valence-corrected chi connectivity index (χ2v) is 10.1. The molecule has 2 saturated carbocycles. The quantitative estimate of drug-likeness (QED) is 0.624. The second kappa shape index (κ2) is 7.71. The van der Waals surface area contributed by atoms with Crippen molar-refractivity contribution in [1.82, 2.24) is 24.5 Å². The van der Waals surface area contributed by atoms with Crippen molar-refractivity contribution in [3.8, 4) is 0 Å². The molecule has 1 saturated heterocycles. The number of rotatable bonds is 3. The highest BCUT2D eigenvalue weighted by molar-refractivity contribution is 5.93. The summed E-state index contributed by atoms with van der Waals surface area (Å²) in [6.07, 6.45) is 8.29. The summed E-state index contributed by atoms with van der Waals surface area (Å²) in [6.45, 7) is 6.62. The lowest BCUT2D eigenvalue weighted by Crippen LogP contribution is -2.55. The number of aromatic nitrogens is 4. The molecule has 1 amide bonds. The summed E-state index contributed by atoms with van der Waals surface area (Å²) < 4.78 is 2.24. The van der Waals surface area contributed by atoms with E-state index in [2.05, 4.69) is 46.2 Å². The van der Waals surface area contributed by atoms with Gasteiger partial charge in [-0.15, -0.1) is 10.2 Å². The van der Waals surface area contributed by atoms with Gasteiger partial charge in [0.2, 0.25) is 11.9 Å². The molecule has 0 spiro atoms. The van der Waals surface area contributed by atoms with Crippen molar-refractivity contribution < 1.29 is 4.79 Å². The number of piperazine rings is 1. The van der Waals surface area contributed by atoms with Gasteiger partial charge in [0.05, 0.1) is 5.52 Å². The molecule has 32 heavy (non-hydrogen) atoms. The summed E-state index contributed by atoms with van der Waals surface area (Å²) in [4.78, 5) is 22.3. The van der Waals surface area contributed by atoms with Crippen LogP contribution in [0.3, 0.4) is 0 Å². The fourth-order valence-corrected chi connectivity index (χ4v) is 5.62. The molecule has 3 fully saturated rings. The third kappa shape index (κ3) is 3.33. The summed E-state index contributed by atoms with van der Waals surface area (Å²) in [5.41, 5.74) is 3.08. The third-order valence-electron chi connectivity index (χ3n) is 7.59. The number of fused-ring (bicyclic) bond motifs is 3. The van der Waals surface area contributed by atoms with Crippen LogP contribution in [0.15, 0.2) is 18.2 Å². The molecule has 1 unspecified atom stereocenters. The molecular formula is C25H32N6O. The van der Waals surface area contributed by atoms with Crippen LogP contribution in [-0.2, 0) is 4.79 Å². The van der Waals surface area contributed by atoms with Gasteiger partial charge in [0.25, 0.3) is 0 Å². The van der Waals surface area contributed by atoms with Crippen LogP contribution in [0.4, 0.5) is 5.95 Å². The topological polar surface area (TPSA) is 66.6 Å². The average Bonchev–Trinajstić information content (AvgIpc) is 3.57. The number of hydrogen-bond donors (Lipinski definition) is 0. The zero-order valence-corrected chi connectivity index (χ0v) is 19.1. The predicted molar refractivity (Wildman–Crippen MR) is 125 cm³/mol. The zero-order chi connectivity index (χ0) is 21.8. The van der Waals surface area contributed by atoms with Crippen molar-refractivity contribution in [2.45, 2.75) is 70.8 Å². The van der Waals surface area contributed by atoms with Crippen LogP contribution in [-0.4, -0.2) is 56.1 Å². The maximum atomic E-state index is 12.7. The van der Waals surface area contributed by atoms with E-state index in [4.69, 9.17) is 15.2 Å². The molecule has 2 aliphatic carbocycles. The fourth-order valence-electron chi connectivity index (χ4n) is 5.62. The number of anilines is 1. The van der Waals surface area contributed by atoms with Gasteiger partial charge in [0, 0.05) is 42.9 Å². The molecule has 0 bridgehead atoms. The zero-order valence-electron chi connectivity index (χ0n) is 19.1. The highest BCUT2D eigenvalue weighted by atomic mass is 16.2. The Morgan fingerprint density at radius 3 is 2.59 bits per heavy atom. The van der Waals surface area contributed by atoms with Gasteiger partial charge in [-0.2, -0.15) is 0 Å². The molecule has 3 heterocycles. The minimum Gasteiger partial charge on any atom is -0.338 e.